The van der Waals surface area contributed by atoms with Crippen LogP contribution in [0.25, 0.3) is 10.9 Å². The molecule has 0 amide bonds. The molecule has 0 radical (unpaired) electrons. The maximum atomic E-state index is 13.0. The number of hydrogen-bond acceptors (Lipinski definition) is 12. The highest BCUT2D eigenvalue weighted by Gasteiger charge is 2.27. The molecule has 1 aliphatic carbocycles. The molecule has 3 N–H and O–H groups in total. The van der Waals surface area contributed by atoms with E-state index in [1.54, 1.807) is 36.1 Å². The first-order valence-electron chi connectivity index (χ1n) is 14.6. The largest absolute Gasteiger partial charge is 0.628 e. The summed E-state index contributed by atoms with van der Waals surface area (Å²) in [5, 5.41) is 15.3. The van der Waals surface area contributed by atoms with Gasteiger partial charge in [0.15, 0.2) is 0 Å². The van der Waals surface area contributed by atoms with Gasteiger partial charge in [0.1, 0.15) is 11.9 Å². The Kier molecular flexibility index (Phi) is 8.74. The topological polar surface area (TPSA) is 180 Å². The number of nitrogens with two attached hydrogens (primary N) is 1. The van der Waals surface area contributed by atoms with Gasteiger partial charge in [0.25, 0.3) is 0 Å². The van der Waals surface area contributed by atoms with Crippen LogP contribution in [0.5, 0.6) is 5.88 Å². The average molecular weight is 625 g/mol. The number of anilines is 3. The molecule has 4 aromatic rings. The third kappa shape index (κ3) is 6.67. The van der Waals surface area contributed by atoms with Crippen molar-refractivity contribution < 1.29 is 23.4 Å². The molecule has 0 spiro atoms. The molecule has 5 heterocycles. The van der Waals surface area contributed by atoms with Crippen molar-refractivity contribution >= 4 is 44.3 Å². The van der Waals surface area contributed by atoms with Crippen LogP contribution in [0.4, 0.5) is 23.4 Å². The lowest BCUT2D eigenvalue weighted by Crippen LogP contribution is -2.71. The Labute approximate surface area is 255 Å². The van der Waals surface area contributed by atoms with Crippen LogP contribution in [0.2, 0.25) is 0 Å². The average Bonchev–Trinajstić information content (AvgIpc) is 3.39. The van der Waals surface area contributed by atoms with Crippen LogP contribution < -0.4 is 24.7 Å². The Hall–Kier alpha value is -4.12. The van der Waals surface area contributed by atoms with E-state index in [9.17, 15) is 13.6 Å². The van der Waals surface area contributed by atoms with Gasteiger partial charge in [-0.25, -0.2) is 18.4 Å². The summed E-state index contributed by atoms with van der Waals surface area (Å²) in [6, 6.07) is 5.69. The van der Waals surface area contributed by atoms with Gasteiger partial charge in [-0.3, -0.25) is 13.9 Å². The maximum absolute atomic E-state index is 13.0. The summed E-state index contributed by atoms with van der Waals surface area (Å²) in [5.74, 6) is 1.98. The second-order valence-corrected chi connectivity index (χ2v) is 12.9. The summed E-state index contributed by atoms with van der Waals surface area (Å²) in [4.78, 5) is 24.4. The van der Waals surface area contributed by atoms with Crippen molar-refractivity contribution in [3.63, 3.8) is 0 Å². The van der Waals surface area contributed by atoms with Crippen molar-refractivity contribution in [1.29, 1.82) is 0 Å². The Morgan fingerprint density at radius 1 is 1.09 bits per heavy atom. The van der Waals surface area contributed by atoms with Crippen molar-refractivity contribution in [3.8, 4) is 5.88 Å². The van der Waals surface area contributed by atoms with Crippen LogP contribution in [0, 0.1) is 5.21 Å². The number of aromatic nitrogens is 6. The van der Waals surface area contributed by atoms with Crippen molar-refractivity contribution in [2.45, 2.75) is 44.4 Å². The number of imidazole rings is 1. The molecule has 0 unspecified atom stereocenters. The van der Waals surface area contributed by atoms with E-state index in [1.807, 2.05) is 6.07 Å². The molecule has 4 aromatic heterocycles. The minimum atomic E-state index is -3.73. The molecule has 6 rings (SSSR count). The van der Waals surface area contributed by atoms with E-state index in [0.717, 1.165) is 37.8 Å². The predicted molar refractivity (Wildman–Crippen MR) is 164 cm³/mol. The minimum Gasteiger partial charge on any atom is -0.628 e. The van der Waals surface area contributed by atoms with Crippen molar-refractivity contribution in [2.24, 2.45) is 7.05 Å². The number of rotatable bonds is 10. The van der Waals surface area contributed by atoms with Gasteiger partial charge in [-0.1, -0.05) is 0 Å². The number of quaternary nitrogens is 1. The van der Waals surface area contributed by atoms with Crippen molar-refractivity contribution in [2.75, 3.05) is 47.1 Å². The zero-order valence-corrected chi connectivity index (χ0v) is 25.5. The normalized spacial score (nSPS) is 19.2. The van der Waals surface area contributed by atoms with Gasteiger partial charge in [-0.05, 0) is 37.8 Å². The smallest absolute Gasteiger partial charge is 0.305 e. The van der Waals surface area contributed by atoms with Crippen LogP contribution in [0.1, 0.15) is 31.4 Å². The van der Waals surface area contributed by atoms with E-state index in [4.69, 9.17) is 14.5 Å². The number of sulfonamides is 1. The number of nitrogens with one attached hydrogen (secondary N) is 1. The highest BCUT2D eigenvalue weighted by Crippen LogP contribution is 2.34. The van der Waals surface area contributed by atoms with Gasteiger partial charge in [-0.2, -0.15) is 9.97 Å². The van der Waals surface area contributed by atoms with Gasteiger partial charge >= 0.3 is 5.95 Å². The highest BCUT2D eigenvalue weighted by atomic mass is 32.2. The molecule has 1 saturated carbocycles. The summed E-state index contributed by atoms with van der Waals surface area (Å²) < 4.78 is 40.9. The summed E-state index contributed by atoms with van der Waals surface area (Å²) in [5.41, 5.74) is 2.19. The lowest BCUT2D eigenvalue weighted by atomic mass is 9.93. The molecule has 44 heavy (non-hydrogen) atoms. The van der Waals surface area contributed by atoms with Crippen LogP contribution in [-0.2, 0) is 28.4 Å². The molecule has 1 saturated heterocycles. The van der Waals surface area contributed by atoms with E-state index in [-0.39, 0.29) is 24.6 Å². The molecule has 15 nitrogen and oxygen atoms in total. The standard InChI is InChI=1S/C28H36N10O5S/c1-36-21(17-32-28(36)35-39)18-38(44(2,40)41)20-14-23-24(31-16-20)15-25(37-10-12-42-13-11-37)34-26(23)43-22-6-4-19(5-7-22)33-27-29-8-3-9-30-27/h3,8-9,14-17,19,22H,4-7,10-13,18,35H2,1-2H3,(H,29,30,33). The SMILES string of the molecule is Cn1c(CN(c2cnc3cc(N4CCOCC4)nc(OC4CCC(Nc5ncccn5)CC4)c3c2)S(C)(=O)=O)cnc1[NH2+][O-]. The second kappa shape index (κ2) is 12.9. The number of ether oxygens (including phenoxy) is 2. The fourth-order valence-corrected chi connectivity index (χ4v) is 6.40. The van der Waals surface area contributed by atoms with E-state index in [0.29, 0.717) is 65.9 Å². The first kappa shape index (κ1) is 29.9. The molecule has 234 valence electrons. The van der Waals surface area contributed by atoms with Gasteiger partial charge in [0.2, 0.25) is 21.9 Å². The summed E-state index contributed by atoms with van der Waals surface area (Å²) >= 11 is 0. The van der Waals surface area contributed by atoms with E-state index in [1.165, 1.54) is 16.7 Å². The third-order valence-corrected chi connectivity index (χ3v) is 9.16. The molecule has 2 aliphatic rings. The summed E-state index contributed by atoms with van der Waals surface area (Å²) in [7, 11) is -2.06. The predicted octanol–water partition coefficient (Wildman–Crippen LogP) is 1.45. The van der Waals surface area contributed by atoms with Gasteiger partial charge < -0.3 is 30.4 Å². The second-order valence-electron chi connectivity index (χ2n) is 11.0. The van der Waals surface area contributed by atoms with E-state index in [2.05, 4.69) is 30.2 Å². The van der Waals surface area contributed by atoms with Gasteiger partial charge in [0.05, 0.1) is 60.7 Å². The maximum Gasteiger partial charge on any atom is 0.305 e. The van der Waals surface area contributed by atoms with Crippen LogP contribution >= 0.6 is 0 Å². The molecule has 0 atom stereocenters. The Morgan fingerprint density at radius 3 is 2.52 bits per heavy atom. The monoisotopic (exact) mass is 624 g/mol. The zero-order chi connectivity index (χ0) is 30.7. The fraction of sp³-hybridized carbons (Fsp3) is 0.464. The number of morpholine rings is 1. The molecule has 0 bridgehead atoms. The first-order chi connectivity index (χ1) is 21.3. The highest BCUT2D eigenvalue weighted by molar-refractivity contribution is 7.92. The van der Waals surface area contributed by atoms with Crippen molar-refractivity contribution in [3.05, 3.63) is 53.9 Å². The zero-order valence-electron chi connectivity index (χ0n) is 24.7. The van der Waals surface area contributed by atoms with E-state index >= 15 is 0 Å². The Balaban J connectivity index is 1.30. The molecular weight excluding hydrogens is 588 g/mol. The number of fused-ring (bicyclic) bond motifs is 1. The van der Waals surface area contributed by atoms with Gasteiger partial charge in [0, 0.05) is 44.6 Å². The number of pyridine rings is 2. The fourth-order valence-electron chi connectivity index (χ4n) is 5.55. The van der Waals surface area contributed by atoms with E-state index < -0.39 is 10.0 Å². The van der Waals surface area contributed by atoms with Crippen LogP contribution in [0.3, 0.4) is 0 Å². The van der Waals surface area contributed by atoms with Crippen molar-refractivity contribution in [1.82, 2.24) is 29.5 Å². The summed E-state index contributed by atoms with van der Waals surface area (Å²) in [6.07, 6.45) is 10.9. The minimum absolute atomic E-state index is 0.0268. The molecule has 1 aliphatic heterocycles. The number of nitrogens with zero attached hydrogens (tertiary/aromatic N) is 8. The van der Waals surface area contributed by atoms with Crippen LogP contribution in [-0.4, -0.2) is 82.6 Å². The lowest BCUT2D eigenvalue weighted by Gasteiger charge is -2.31. The molecule has 16 heteroatoms. The van der Waals surface area contributed by atoms with Gasteiger partial charge in [-0.15, -0.1) is 0 Å². The lowest BCUT2D eigenvalue weighted by molar-refractivity contribution is -0.507. The Bertz CT molecular complexity index is 1690. The first-order valence-corrected chi connectivity index (χ1v) is 16.4. The number of hydrogen-bond donors (Lipinski definition) is 2. The Morgan fingerprint density at radius 2 is 1.84 bits per heavy atom. The molecular formula is C28H36N10O5S. The van der Waals surface area contributed by atoms with Crippen LogP contribution in [0.15, 0.2) is 43.0 Å². The third-order valence-electron chi connectivity index (χ3n) is 8.02. The molecule has 0 aromatic carbocycles. The molecule has 2 fully saturated rings. The quantitative estimate of drug-likeness (QED) is 0.243. The summed E-state index contributed by atoms with van der Waals surface area (Å²) in [6.45, 7) is 2.58.